The van der Waals surface area contributed by atoms with Crippen LogP contribution in [0.2, 0.25) is 10.0 Å². The summed E-state index contributed by atoms with van der Waals surface area (Å²) < 4.78 is 0. The standard InChI is InChI=1S/C20H14Cl2N2O4S2/c21-13-7-3-1-5-11(13)9-23-17(25)15(29-19(23)27)16-18(26)24(20(28)30-16)10-12-6-2-4-8-14(12)22/h1-8,15-16H,9-10H2. The maximum atomic E-state index is 12.9. The van der Waals surface area contributed by atoms with Crippen LogP contribution in [0.4, 0.5) is 9.59 Å². The minimum absolute atomic E-state index is 0.0176. The summed E-state index contributed by atoms with van der Waals surface area (Å²) in [6, 6.07) is 13.8. The molecule has 4 rings (SSSR count). The van der Waals surface area contributed by atoms with E-state index in [0.717, 1.165) is 33.3 Å². The SMILES string of the molecule is O=C1SC(C2SC(=O)N(Cc3ccccc3Cl)C2=O)C(=O)N1Cc1ccccc1Cl. The highest BCUT2D eigenvalue weighted by atomic mass is 35.5. The van der Waals surface area contributed by atoms with Gasteiger partial charge < -0.3 is 0 Å². The van der Waals surface area contributed by atoms with Gasteiger partial charge in [0.25, 0.3) is 10.5 Å². The molecule has 2 aliphatic rings. The highest BCUT2D eigenvalue weighted by Crippen LogP contribution is 2.41. The largest absolute Gasteiger partial charge is 0.289 e. The molecule has 2 heterocycles. The number of thioether (sulfide) groups is 2. The molecule has 154 valence electrons. The molecule has 0 saturated carbocycles. The van der Waals surface area contributed by atoms with Crippen LogP contribution < -0.4 is 0 Å². The number of hydrogen-bond acceptors (Lipinski definition) is 6. The van der Waals surface area contributed by atoms with Crippen molar-refractivity contribution in [2.75, 3.05) is 0 Å². The van der Waals surface area contributed by atoms with Crippen molar-refractivity contribution in [2.45, 2.75) is 23.6 Å². The van der Waals surface area contributed by atoms with Crippen LogP contribution in [0.3, 0.4) is 0 Å². The number of hydrogen-bond donors (Lipinski definition) is 0. The lowest BCUT2D eigenvalue weighted by Crippen LogP contribution is -2.40. The second-order valence-electron chi connectivity index (χ2n) is 6.64. The minimum atomic E-state index is -0.960. The molecular formula is C20H14Cl2N2O4S2. The zero-order chi connectivity index (χ0) is 21.4. The fourth-order valence-corrected chi connectivity index (χ4v) is 5.85. The summed E-state index contributed by atoms with van der Waals surface area (Å²) in [5, 5.41) is -1.96. The maximum Gasteiger partial charge on any atom is 0.289 e. The van der Waals surface area contributed by atoms with Crippen LogP contribution in [0.5, 0.6) is 0 Å². The van der Waals surface area contributed by atoms with E-state index < -0.39 is 32.8 Å². The molecule has 30 heavy (non-hydrogen) atoms. The number of nitrogens with zero attached hydrogens (tertiary/aromatic N) is 2. The van der Waals surface area contributed by atoms with Crippen LogP contribution in [0.25, 0.3) is 0 Å². The van der Waals surface area contributed by atoms with E-state index in [4.69, 9.17) is 23.2 Å². The molecule has 0 bridgehead atoms. The van der Waals surface area contributed by atoms with E-state index in [1.165, 1.54) is 0 Å². The summed E-state index contributed by atoms with van der Waals surface area (Å²) in [5.74, 6) is -0.994. The zero-order valence-electron chi connectivity index (χ0n) is 15.3. The lowest BCUT2D eigenvalue weighted by Gasteiger charge is -2.17. The van der Waals surface area contributed by atoms with Crippen LogP contribution in [-0.4, -0.2) is 42.6 Å². The van der Waals surface area contributed by atoms with Crippen molar-refractivity contribution in [3.63, 3.8) is 0 Å². The Balaban J connectivity index is 1.50. The Morgan fingerprint density at radius 2 is 1.03 bits per heavy atom. The van der Waals surface area contributed by atoms with Gasteiger partial charge in [-0.25, -0.2) is 0 Å². The fraction of sp³-hybridized carbons (Fsp3) is 0.200. The third-order valence-corrected chi connectivity index (χ3v) is 7.97. The van der Waals surface area contributed by atoms with Gasteiger partial charge in [0.05, 0.1) is 13.1 Å². The first-order valence-electron chi connectivity index (χ1n) is 8.87. The molecule has 0 aliphatic carbocycles. The first kappa shape index (κ1) is 21.2. The summed E-state index contributed by atoms with van der Waals surface area (Å²) in [5.41, 5.74) is 1.26. The number of benzene rings is 2. The minimum Gasteiger partial charge on any atom is -0.273 e. The molecule has 0 radical (unpaired) electrons. The number of amides is 4. The summed E-state index contributed by atoms with van der Waals surface area (Å²) in [4.78, 5) is 52.9. The van der Waals surface area contributed by atoms with Crippen LogP contribution >= 0.6 is 46.7 Å². The van der Waals surface area contributed by atoms with Crippen LogP contribution in [-0.2, 0) is 22.7 Å². The van der Waals surface area contributed by atoms with Crippen molar-refractivity contribution in [1.29, 1.82) is 0 Å². The number of carbonyl (C=O) groups excluding carboxylic acids is 4. The van der Waals surface area contributed by atoms with Gasteiger partial charge in [-0.15, -0.1) is 0 Å². The van der Waals surface area contributed by atoms with E-state index >= 15 is 0 Å². The Labute approximate surface area is 190 Å². The topological polar surface area (TPSA) is 74.8 Å². The Hall–Kier alpha value is -2.00. The van der Waals surface area contributed by atoms with Crippen LogP contribution in [0.15, 0.2) is 48.5 Å². The van der Waals surface area contributed by atoms with Gasteiger partial charge >= 0.3 is 0 Å². The Morgan fingerprint density at radius 1 is 0.667 bits per heavy atom. The molecule has 2 aromatic carbocycles. The second kappa shape index (κ2) is 8.63. The molecule has 2 aromatic rings. The van der Waals surface area contributed by atoms with E-state index in [0.29, 0.717) is 21.2 Å². The van der Waals surface area contributed by atoms with E-state index in [1.54, 1.807) is 48.5 Å². The molecule has 6 nitrogen and oxygen atoms in total. The predicted octanol–water partition coefficient (Wildman–Crippen LogP) is 4.82. The second-order valence-corrected chi connectivity index (χ2v) is 9.64. The summed E-state index contributed by atoms with van der Waals surface area (Å²) in [6.45, 7) is 0.0351. The first-order chi connectivity index (χ1) is 14.4. The van der Waals surface area contributed by atoms with Crippen molar-refractivity contribution in [1.82, 2.24) is 9.80 Å². The van der Waals surface area contributed by atoms with Crippen molar-refractivity contribution < 1.29 is 19.2 Å². The summed E-state index contributed by atoms with van der Waals surface area (Å²) >= 11 is 13.8. The van der Waals surface area contributed by atoms with Crippen LogP contribution in [0.1, 0.15) is 11.1 Å². The maximum absolute atomic E-state index is 12.9. The number of carbonyl (C=O) groups is 4. The molecule has 0 aromatic heterocycles. The average Bonchev–Trinajstić information content (AvgIpc) is 3.15. The number of halogens is 2. The van der Waals surface area contributed by atoms with E-state index in [1.807, 2.05) is 0 Å². The highest BCUT2D eigenvalue weighted by molar-refractivity contribution is 8.19. The van der Waals surface area contributed by atoms with Gasteiger partial charge in [-0.2, -0.15) is 0 Å². The van der Waals surface area contributed by atoms with Gasteiger partial charge in [0.1, 0.15) is 10.5 Å². The van der Waals surface area contributed by atoms with Gasteiger partial charge in [-0.05, 0) is 46.8 Å². The molecule has 2 unspecified atom stereocenters. The van der Waals surface area contributed by atoms with Crippen molar-refractivity contribution in [2.24, 2.45) is 0 Å². The Bertz CT molecular complexity index is 981. The van der Waals surface area contributed by atoms with Gasteiger partial charge in [0.15, 0.2) is 0 Å². The van der Waals surface area contributed by atoms with Gasteiger partial charge in [0, 0.05) is 10.0 Å². The van der Waals surface area contributed by atoms with Crippen molar-refractivity contribution >= 4 is 69.0 Å². The lowest BCUT2D eigenvalue weighted by molar-refractivity contribution is -0.132. The summed E-state index contributed by atoms with van der Waals surface area (Å²) in [7, 11) is 0. The van der Waals surface area contributed by atoms with Gasteiger partial charge in [-0.1, -0.05) is 59.6 Å². The molecule has 2 aliphatic heterocycles. The lowest BCUT2D eigenvalue weighted by atomic mass is 10.1. The van der Waals surface area contributed by atoms with Gasteiger partial charge in [-0.3, -0.25) is 29.0 Å². The monoisotopic (exact) mass is 480 g/mol. The van der Waals surface area contributed by atoms with Crippen LogP contribution in [0, 0.1) is 0 Å². The highest BCUT2D eigenvalue weighted by Gasteiger charge is 2.52. The number of rotatable bonds is 5. The molecule has 0 spiro atoms. The van der Waals surface area contributed by atoms with E-state index in [-0.39, 0.29) is 13.1 Å². The van der Waals surface area contributed by atoms with Crippen molar-refractivity contribution in [3.8, 4) is 0 Å². The first-order valence-corrected chi connectivity index (χ1v) is 11.4. The third kappa shape index (κ3) is 3.97. The molecule has 10 heteroatoms. The predicted molar refractivity (Wildman–Crippen MR) is 118 cm³/mol. The van der Waals surface area contributed by atoms with E-state index in [2.05, 4.69) is 0 Å². The normalized spacial score (nSPS) is 21.8. The zero-order valence-corrected chi connectivity index (χ0v) is 18.4. The van der Waals surface area contributed by atoms with Gasteiger partial charge in [0.2, 0.25) is 11.8 Å². The molecule has 2 saturated heterocycles. The molecule has 2 atom stereocenters. The molecular weight excluding hydrogens is 467 g/mol. The number of imide groups is 2. The summed E-state index contributed by atoms with van der Waals surface area (Å²) in [6.07, 6.45) is 0. The Kier molecular flexibility index (Phi) is 6.11. The molecule has 2 fully saturated rings. The molecule has 4 amide bonds. The fourth-order valence-electron chi connectivity index (χ4n) is 3.19. The van der Waals surface area contributed by atoms with Crippen molar-refractivity contribution in [3.05, 3.63) is 69.7 Å². The smallest absolute Gasteiger partial charge is 0.273 e. The Morgan fingerprint density at radius 3 is 1.40 bits per heavy atom. The molecule has 0 N–H and O–H groups in total. The average molecular weight is 481 g/mol. The third-order valence-electron chi connectivity index (χ3n) is 4.76. The quantitative estimate of drug-likeness (QED) is 0.610. The van der Waals surface area contributed by atoms with E-state index in [9.17, 15) is 19.2 Å².